The van der Waals surface area contributed by atoms with Gasteiger partial charge in [0.2, 0.25) is 0 Å². The van der Waals surface area contributed by atoms with Gasteiger partial charge in [0, 0.05) is 0 Å². The Morgan fingerprint density at radius 1 is 0.895 bits per heavy atom. The molecule has 0 aromatic carbocycles. The third-order valence-electron chi connectivity index (χ3n) is 1.42. The zero-order chi connectivity index (χ0) is 14.4. The molecule has 0 bridgehead atoms. The first kappa shape index (κ1) is 22.9. The molecule has 0 amide bonds. The van der Waals surface area contributed by atoms with Crippen LogP contribution in [0.25, 0.3) is 0 Å². The molecule has 10 nitrogen and oxygen atoms in total. The van der Waals surface area contributed by atoms with E-state index >= 15 is 0 Å². The van der Waals surface area contributed by atoms with E-state index in [2.05, 4.69) is 13.1 Å². The van der Waals surface area contributed by atoms with E-state index in [0.29, 0.717) is 12.8 Å². The van der Waals surface area contributed by atoms with Crippen molar-refractivity contribution in [2.75, 3.05) is 6.61 Å². The predicted octanol–water partition coefficient (Wildman–Crippen LogP) is 0.604. The summed E-state index contributed by atoms with van der Waals surface area (Å²) in [6, 6.07) is 0. The fourth-order valence-electron chi connectivity index (χ4n) is 0.835. The SMILES string of the molecule is CCCCCOP(=O)(O)OP(=O)(O)OP(=O)(O)O.[CaH2]. The first-order chi connectivity index (χ1) is 7.97. The quantitative estimate of drug-likeness (QED) is 0.257. The molecule has 0 rings (SSSR count). The summed E-state index contributed by atoms with van der Waals surface area (Å²) in [5, 5.41) is 0. The fraction of sp³-hybridized carbons (Fsp3) is 1.00. The van der Waals surface area contributed by atoms with Crippen LogP contribution in [0.15, 0.2) is 0 Å². The Labute approximate surface area is 139 Å². The van der Waals surface area contributed by atoms with Crippen molar-refractivity contribution in [2.24, 2.45) is 0 Å². The Morgan fingerprint density at radius 3 is 1.84 bits per heavy atom. The third-order valence-corrected chi connectivity index (χ3v) is 5.25. The molecular weight excluding hydrogens is 353 g/mol. The van der Waals surface area contributed by atoms with Crippen LogP contribution in [-0.4, -0.2) is 63.9 Å². The molecule has 0 aromatic heterocycles. The first-order valence-electron chi connectivity index (χ1n) is 4.76. The monoisotopic (exact) mass is 370 g/mol. The van der Waals surface area contributed by atoms with Crippen LogP contribution in [0.3, 0.4) is 0 Å². The summed E-state index contributed by atoms with van der Waals surface area (Å²) < 4.78 is 43.6. The minimum absolute atomic E-state index is 0. The normalized spacial score (nSPS) is 18.2. The standard InChI is InChI=1S/C5H15O10P3.Ca.2H/c1-2-3-4-5-13-17(9,10)15-18(11,12)14-16(6,7)8;;;/h2-5H2,1H3,(H,9,10)(H,11,12)(H2,6,7,8);;;. The second-order valence-corrected chi connectivity index (χ2v) is 7.55. The molecule has 2 unspecified atom stereocenters. The van der Waals surface area contributed by atoms with Crippen molar-refractivity contribution in [3.05, 3.63) is 0 Å². The molecule has 0 spiro atoms. The number of phosphoric ester groups is 1. The van der Waals surface area contributed by atoms with E-state index in [0.717, 1.165) is 6.42 Å². The van der Waals surface area contributed by atoms with Gasteiger partial charge < -0.3 is 19.6 Å². The van der Waals surface area contributed by atoms with Gasteiger partial charge in [-0.3, -0.25) is 4.52 Å². The average Bonchev–Trinajstić information content (AvgIpc) is 2.06. The van der Waals surface area contributed by atoms with Crippen LogP contribution >= 0.6 is 23.5 Å². The maximum absolute atomic E-state index is 11.1. The van der Waals surface area contributed by atoms with Crippen LogP contribution in [0, 0.1) is 0 Å². The molecule has 14 heteroatoms. The van der Waals surface area contributed by atoms with Crippen molar-refractivity contribution in [3.8, 4) is 0 Å². The van der Waals surface area contributed by atoms with E-state index in [1.165, 1.54) is 0 Å². The molecule has 0 fully saturated rings. The molecule has 0 aromatic rings. The molecule has 0 aliphatic carbocycles. The van der Waals surface area contributed by atoms with Crippen molar-refractivity contribution < 1.29 is 46.4 Å². The summed E-state index contributed by atoms with van der Waals surface area (Å²) in [7, 11) is -15.6. The Balaban J connectivity index is 0. The van der Waals surface area contributed by atoms with E-state index < -0.39 is 23.5 Å². The van der Waals surface area contributed by atoms with Gasteiger partial charge in [0.25, 0.3) is 0 Å². The van der Waals surface area contributed by atoms with Gasteiger partial charge >= 0.3 is 61.2 Å². The zero-order valence-corrected chi connectivity index (χ0v) is 12.1. The number of phosphoric acid groups is 3. The first-order valence-corrected chi connectivity index (χ1v) is 9.28. The molecule has 0 aliphatic rings. The summed E-state index contributed by atoms with van der Waals surface area (Å²) in [4.78, 5) is 34.3. The van der Waals surface area contributed by atoms with Crippen LogP contribution < -0.4 is 0 Å². The number of unbranched alkanes of at least 4 members (excludes halogenated alkanes) is 2. The molecule has 0 saturated carbocycles. The summed E-state index contributed by atoms with van der Waals surface area (Å²) >= 11 is 0. The van der Waals surface area contributed by atoms with Crippen molar-refractivity contribution in [2.45, 2.75) is 26.2 Å². The van der Waals surface area contributed by atoms with E-state index in [9.17, 15) is 13.7 Å². The van der Waals surface area contributed by atoms with E-state index in [1.807, 2.05) is 6.92 Å². The van der Waals surface area contributed by atoms with Crippen LogP contribution in [0.5, 0.6) is 0 Å². The number of hydrogen-bond donors (Lipinski definition) is 4. The van der Waals surface area contributed by atoms with Gasteiger partial charge in [-0.2, -0.15) is 8.62 Å². The van der Waals surface area contributed by atoms with Crippen molar-refractivity contribution in [3.63, 3.8) is 0 Å². The maximum atomic E-state index is 11.1. The molecule has 2 atom stereocenters. The van der Waals surface area contributed by atoms with Gasteiger partial charge in [0.15, 0.2) is 0 Å². The molecule has 19 heavy (non-hydrogen) atoms. The van der Waals surface area contributed by atoms with Gasteiger partial charge in [-0.25, -0.2) is 13.7 Å². The second kappa shape index (κ2) is 9.64. The molecule has 114 valence electrons. The van der Waals surface area contributed by atoms with Gasteiger partial charge in [-0.05, 0) is 6.42 Å². The molecular formula is C5H17CaO10P3. The van der Waals surface area contributed by atoms with Gasteiger partial charge in [-0.15, -0.1) is 0 Å². The van der Waals surface area contributed by atoms with Crippen LogP contribution in [0.1, 0.15) is 26.2 Å². The van der Waals surface area contributed by atoms with E-state index in [-0.39, 0.29) is 44.3 Å². The average molecular weight is 370 g/mol. The van der Waals surface area contributed by atoms with Crippen LogP contribution in [0.2, 0.25) is 0 Å². The van der Waals surface area contributed by atoms with Gasteiger partial charge in [0.05, 0.1) is 6.61 Å². The molecule has 0 aliphatic heterocycles. The van der Waals surface area contributed by atoms with Crippen molar-refractivity contribution in [1.29, 1.82) is 0 Å². The molecule has 0 saturated heterocycles. The predicted molar refractivity (Wildman–Crippen MR) is 67.9 cm³/mol. The van der Waals surface area contributed by atoms with Gasteiger partial charge in [-0.1, -0.05) is 19.8 Å². The topological polar surface area (TPSA) is 160 Å². The summed E-state index contributed by atoms with van der Waals surface area (Å²) in [6.07, 6.45) is 1.94. The minimum atomic E-state index is -5.39. The Bertz CT molecular complexity index is 393. The number of hydrogen-bond acceptors (Lipinski definition) is 6. The Hall–Kier alpha value is 1.67. The van der Waals surface area contributed by atoms with Crippen molar-refractivity contribution >= 4 is 61.2 Å². The molecule has 0 radical (unpaired) electrons. The summed E-state index contributed by atoms with van der Waals surface area (Å²) in [6.45, 7) is 1.67. The van der Waals surface area contributed by atoms with Crippen LogP contribution in [0.4, 0.5) is 0 Å². The summed E-state index contributed by atoms with van der Waals surface area (Å²) in [5.41, 5.74) is 0. The zero-order valence-electron chi connectivity index (χ0n) is 9.41. The van der Waals surface area contributed by atoms with Gasteiger partial charge in [0.1, 0.15) is 0 Å². The third kappa shape index (κ3) is 14.4. The Morgan fingerprint density at radius 2 is 1.42 bits per heavy atom. The molecule has 4 N–H and O–H groups in total. The van der Waals surface area contributed by atoms with Crippen LogP contribution in [-0.2, 0) is 26.8 Å². The fourth-order valence-corrected chi connectivity index (χ4v) is 3.89. The Kier molecular flexibility index (Phi) is 11.6. The van der Waals surface area contributed by atoms with Crippen molar-refractivity contribution in [1.82, 2.24) is 0 Å². The summed E-state index contributed by atoms with van der Waals surface area (Å²) in [5.74, 6) is 0. The molecule has 0 heterocycles. The van der Waals surface area contributed by atoms with E-state index in [1.54, 1.807) is 0 Å². The second-order valence-electron chi connectivity index (χ2n) is 3.13. The number of rotatable bonds is 9. The van der Waals surface area contributed by atoms with E-state index in [4.69, 9.17) is 19.6 Å².